The molecule has 0 unspecified atom stereocenters. The van der Waals surface area contributed by atoms with Crippen LogP contribution in [0.1, 0.15) is 42.2 Å². The number of carbonyl (C=O) groups excluding carboxylic acids is 1. The SMILES string of the molecule is CCOc1ccc2c(c1)C(=O)Nc1cccc(n1)C(=N)N(C=N)CCCCCO2. The smallest absolute Gasteiger partial charge is 0.260 e. The number of nitrogens with one attached hydrogen (secondary N) is 3. The topological polar surface area (TPSA) is 111 Å². The van der Waals surface area contributed by atoms with E-state index in [0.717, 1.165) is 25.6 Å². The summed E-state index contributed by atoms with van der Waals surface area (Å²) in [4.78, 5) is 18.8. The molecule has 1 aliphatic heterocycles. The number of anilines is 1. The van der Waals surface area contributed by atoms with Gasteiger partial charge < -0.3 is 19.7 Å². The average molecular weight is 395 g/mol. The number of rotatable bonds is 3. The Kier molecular flexibility index (Phi) is 6.78. The minimum absolute atomic E-state index is 0.126. The maximum absolute atomic E-state index is 12.9. The lowest BCUT2D eigenvalue weighted by atomic mass is 10.1. The second-order valence-electron chi connectivity index (χ2n) is 6.53. The van der Waals surface area contributed by atoms with Crippen molar-refractivity contribution >= 4 is 23.9 Å². The summed E-state index contributed by atoms with van der Waals surface area (Å²) < 4.78 is 11.4. The fourth-order valence-corrected chi connectivity index (χ4v) is 3.02. The van der Waals surface area contributed by atoms with E-state index in [0.29, 0.717) is 48.3 Å². The standard InChI is InChI=1S/C21H25N5O3/c1-2-28-15-9-10-18-16(13-15)21(27)25-19-8-6-7-17(24-19)20(23)26(14-22)11-4-3-5-12-29-18/h6-10,13-14,22-23H,2-5,11-12H2,1H3,(H,24,25,27). The summed E-state index contributed by atoms with van der Waals surface area (Å²) in [5.74, 6) is 1.17. The van der Waals surface area contributed by atoms with Crippen molar-refractivity contribution in [2.45, 2.75) is 26.2 Å². The minimum atomic E-state index is -0.364. The summed E-state index contributed by atoms with van der Waals surface area (Å²) in [6.07, 6.45) is 3.63. The molecule has 2 bridgehead atoms. The van der Waals surface area contributed by atoms with Crippen LogP contribution in [0.4, 0.5) is 5.82 Å². The lowest BCUT2D eigenvalue weighted by Crippen LogP contribution is -2.31. The molecule has 0 radical (unpaired) electrons. The zero-order chi connectivity index (χ0) is 20.6. The van der Waals surface area contributed by atoms with Crippen LogP contribution in [0.3, 0.4) is 0 Å². The Hall–Kier alpha value is -3.42. The van der Waals surface area contributed by atoms with Crippen molar-refractivity contribution < 1.29 is 14.3 Å². The first-order valence-electron chi connectivity index (χ1n) is 9.66. The monoisotopic (exact) mass is 395 g/mol. The second-order valence-corrected chi connectivity index (χ2v) is 6.53. The van der Waals surface area contributed by atoms with Gasteiger partial charge in [-0.3, -0.25) is 15.6 Å². The van der Waals surface area contributed by atoms with E-state index >= 15 is 0 Å². The van der Waals surface area contributed by atoms with Crippen molar-refractivity contribution in [3.63, 3.8) is 0 Å². The minimum Gasteiger partial charge on any atom is -0.494 e. The lowest BCUT2D eigenvalue weighted by molar-refractivity contribution is 0.102. The number of hydrogen-bond donors (Lipinski definition) is 3. The molecular formula is C21H25N5O3. The average Bonchev–Trinajstić information content (AvgIpc) is 2.73. The van der Waals surface area contributed by atoms with E-state index in [-0.39, 0.29) is 11.7 Å². The molecule has 3 rings (SSSR count). The number of amides is 1. The van der Waals surface area contributed by atoms with E-state index in [4.69, 9.17) is 20.3 Å². The Labute approximate surface area is 169 Å². The molecule has 0 fully saturated rings. The van der Waals surface area contributed by atoms with E-state index in [1.165, 1.54) is 4.90 Å². The summed E-state index contributed by atoms with van der Waals surface area (Å²) in [7, 11) is 0. The first-order chi connectivity index (χ1) is 14.1. The zero-order valence-corrected chi connectivity index (χ0v) is 16.4. The molecule has 152 valence electrons. The van der Waals surface area contributed by atoms with E-state index in [9.17, 15) is 4.79 Å². The molecule has 0 saturated heterocycles. The molecule has 0 aliphatic carbocycles. The van der Waals surface area contributed by atoms with Crippen LogP contribution in [0.5, 0.6) is 11.5 Å². The summed E-state index contributed by atoms with van der Waals surface area (Å²) >= 11 is 0. The number of carbonyl (C=O) groups is 1. The highest BCUT2D eigenvalue weighted by atomic mass is 16.5. The first-order valence-corrected chi connectivity index (χ1v) is 9.66. The molecule has 1 aliphatic rings. The Balaban J connectivity index is 1.95. The number of hydrogen-bond acceptors (Lipinski definition) is 6. The zero-order valence-electron chi connectivity index (χ0n) is 16.4. The van der Waals surface area contributed by atoms with Crippen molar-refractivity contribution in [3.05, 3.63) is 47.7 Å². The quantitative estimate of drug-likeness (QED) is 0.544. The van der Waals surface area contributed by atoms with Crippen LogP contribution in [0.25, 0.3) is 0 Å². The third kappa shape index (κ3) is 5.10. The van der Waals surface area contributed by atoms with E-state index in [1.807, 2.05) is 6.92 Å². The van der Waals surface area contributed by atoms with Crippen molar-refractivity contribution in [2.24, 2.45) is 0 Å². The number of ether oxygens (including phenoxy) is 2. The van der Waals surface area contributed by atoms with Gasteiger partial charge in [0.2, 0.25) is 0 Å². The number of nitrogens with zero attached hydrogens (tertiary/aromatic N) is 2. The highest BCUT2D eigenvalue weighted by Gasteiger charge is 2.17. The van der Waals surface area contributed by atoms with Gasteiger partial charge >= 0.3 is 0 Å². The molecule has 0 spiro atoms. The van der Waals surface area contributed by atoms with Crippen molar-refractivity contribution in [1.29, 1.82) is 10.8 Å². The van der Waals surface area contributed by atoms with Crippen LogP contribution in [-0.2, 0) is 0 Å². The van der Waals surface area contributed by atoms with Crippen LogP contribution in [0.2, 0.25) is 0 Å². The Morgan fingerprint density at radius 2 is 2.14 bits per heavy atom. The van der Waals surface area contributed by atoms with Gasteiger partial charge in [-0.1, -0.05) is 6.07 Å². The van der Waals surface area contributed by atoms with Gasteiger partial charge in [-0.2, -0.15) is 0 Å². The van der Waals surface area contributed by atoms with Crippen molar-refractivity contribution in [3.8, 4) is 11.5 Å². The third-order valence-corrected chi connectivity index (χ3v) is 4.48. The van der Waals surface area contributed by atoms with E-state index < -0.39 is 0 Å². The largest absolute Gasteiger partial charge is 0.494 e. The van der Waals surface area contributed by atoms with Gasteiger partial charge in [0.05, 0.1) is 25.1 Å². The van der Waals surface area contributed by atoms with Crippen LogP contribution in [-0.4, -0.2) is 47.7 Å². The normalized spacial score (nSPS) is 15.3. The number of aromatic nitrogens is 1. The molecule has 3 N–H and O–H groups in total. The predicted octanol–water partition coefficient (Wildman–Crippen LogP) is 3.53. The Morgan fingerprint density at radius 3 is 2.93 bits per heavy atom. The molecule has 1 amide bonds. The summed E-state index contributed by atoms with van der Waals surface area (Å²) in [5, 5.41) is 18.7. The predicted molar refractivity (Wildman–Crippen MR) is 111 cm³/mol. The van der Waals surface area contributed by atoms with Crippen molar-refractivity contribution in [1.82, 2.24) is 9.88 Å². The maximum atomic E-state index is 12.9. The molecule has 0 atom stereocenters. The van der Waals surface area contributed by atoms with Gasteiger partial charge in [0.15, 0.2) is 5.84 Å². The van der Waals surface area contributed by atoms with Gasteiger partial charge in [0, 0.05) is 6.54 Å². The molecule has 0 saturated carbocycles. The Bertz CT molecular complexity index is 900. The van der Waals surface area contributed by atoms with Gasteiger partial charge in [-0.25, -0.2) is 4.98 Å². The van der Waals surface area contributed by atoms with Gasteiger partial charge in [0.1, 0.15) is 23.0 Å². The number of pyridine rings is 1. The fourth-order valence-electron chi connectivity index (χ4n) is 3.02. The van der Waals surface area contributed by atoms with Crippen molar-refractivity contribution in [2.75, 3.05) is 25.1 Å². The molecule has 1 aromatic carbocycles. The Morgan fingerprint density at radius 1 is 1.28 bits per heavy atom. The van der Waals surface area contributed by atoms with E-state index in [1.54, 1.807) is 36.4 Å². The molecule has 1 aromatic heterocycles. The highest BCUT2D eigenvalue weighted by Crippen LogP contribution is 2.26. The third-order valence-electron chi connectivity index (χ3n) is 4.48. The molecule has 29 heavy (non-hydrogen) atoms. The fraction of sp³-hybridized carbons (Fsp3) is 0.333. The van der Waals surface area contributed by atoms with Crippen LogP contribution < -0.4 is 14.8 Å². The molecule has 2 aromatic rings. The summed E-state index contributed by atoms with van der Waals surface area (Å²) in [6, 6.07) is 10.3. The molecule has 8 nitrogen and oxygen atoms in total. The van der Waals surface area contributed by atoms with Gasteiger partial charge in [-0.05, 0) is 56.5 Å². The van der Waals surface area contributed by atoms with Gasteiger partial charge in [0.25, 0.3) is 5.91 Å². The van der Waals surface area contributed by atoms with E-state index in [2.05, 4.69) is 10.3 Å². The number of fused-ring (bicyclic) bond motifs is 3. The first kappa shape index (κ1) is 20.3. The summed E-state index contributed by atoms with van der Waals surface area (Å²) in [5.41, 5.74) is 0.759. The number of amidine groups is 1. The molecule has 2 heterocycles. The molecular weight excluding hydrogens is 370 g/mol. The van der Waals surface area contributed by atoms with Crippen LogP contribution in [0.15, 0.2) is 36.4 Å². The number of benzene rings is 1. The summed E-state index contributed by atoms with van der Waals surface area (Å²) in [6.45, 7) is 3.40. The highest BCUT2D eigenvalue weighted by molar-refractivity contribution is 6.06. The van der Waals surface area contributed by atoms with Crippen LogP contribution in [0, 0.1) is 10.8 Å². The van der Waals surface area contributed by atoms with Gasteiger partial charge in [-0.15, -0.1) is 0 Å². The van der Waals surface area contributed by atoms with Crippen LogP contribution >= 0.6 is 0 Å². The maximum Gasteiger partial charge on any atom is 0.260 e. The lowest BCUT2D eigenvalue weighted by Gasteiger charge is -2.19. The molecule has 8 heteroatoms. The second kappa shape index (κ2) is 9.68.